The number of carbonyl (C=O) groups excluding carboxylic acids is 2. The molecule has 0 radical (unpaired) electrons. The largest absolute Gasteiger partial charge is 0.350 e. The lowest BCUT2D eigenvalue weighted by Gasteiger charge is -2.34. The topological polar surface area (TPSA) is 86.8 Å². The normalized spacial score (nSPS) is 12.5. The molecule has 0 heterocycles. The number of amides is 2. The molecule has 0 aliphatic carbocycles. The first-order valence-electron chi connectivity index (χ1n) is 13.0. The van der Waals surface area contributed by atoms with E-state index >= 15 is 0 Å². The quantitative estimate of drug-likeness (QED) is 0.401. The van der Waals surface area contributed by atoms with E-state index < -0.39 is 34.1 Å². The molecule has 208 valence electrons. The van der Waals surface area contributed by atoms with Crippen LogP contribution in [0.15, 0.2) is 77.7 Å². The lowest BCUT2D eigenvalue weighted by molar-refractivity contribution is -0.140. The minimum Gasteiger partial charge on any atom is -0.350 e. The molecule has 3 aromatic rings. The van der Waals surface area contributed by atoms with Gasteiger partial charge in [-0.2, -0.15) is 0 Å². The summed E-state index contributed by atoms with van der Waals surface area (Å²) in [7, 11) is -4.09. The van der Waals surface area contributed by atoms with Crippen LogP contribution in [0.4, 0.5) is 5.69 Å². The van der Waals surface area contributed by atoms with Crippen LogP contribution >= 0.6 is 0 Å². The molecule has 0 aromatic heterocycles. The van der Waals surface area contributed by atoms with Crippen molar-refractivity contribution in [1.82, 2.24) is 10.2 Å². The van der Waals surface area contributed by atoms with Crippen molar-refractivity contribution < 1.29 is 18.0 Å². The Morgan fingerprint density at radius 2 is 1.49 bits per heavy atom. The van der Waals surface area contributed by atoms with Crippen LogP contribution in [0.2, 0.25) is 0 Å². The first-order chi connectivity index (χ1) is 18.2. The van der Waals surface area contributed by atoms with E-state index in [1.54, 1.807) is 37.3 Å². The number of hydrogen-bond donors (Lipinski definition) is 1. The Labute approximate surface area is 232 Å². The van der Waals surface area contributed by atoms with Gasteiger partial charge in [-0.25, -0.2) is 8.42 Å². The van der Waals surface area contributed by atoms with Crippen LogP contribution < -0.4 is 9.62 Å². The number of nitrogens with one attached hydrogen (secondary N) is 1. The van der Waals surface area contributed by atoms with Crippen LogP contribution in [-0.4, -0.2) is 43.3 Å². The standard InChI is InChI=1S/C31H39N3O4S/c1-22-16-18-26(19-17-22)20-33(25(4)30(36)32-31(5,6)7)29(35)21-34(28-15-11-12-23(2)24(28)3)39(37,38)27-13-9-8-10-14-27/h8-19,25H,20-21H2,1-7H3,(H,32,36)/t25-/m1/s1. The highest BCUT2D eigenvalue weighted by atomic mass is 32.2. The predicted octanol–water partition coefficient (Wildman–Crippen LogP) is 5.14. The van der Waals surface area contributed by atoms with E-state index in [1.807, 2.05) is 71.9 Å². The highest BCUT2D eigenvalue weighted by molar-refractivity contribution is 7.92. The molecule has 7 nitrogen and oxygen atoms in total. The van der Waals surface area contributed by atoms with Crippen LogP contribution in [0, 0.1) is 20.8 Å². The highest BCUT2D eigenvalue weighted by Crippen LogP contribution is 2.29. The van der Waals surface area contributed by atoms with Crippen LogP contribution in [0.3, 0.4) is 0 Å². The minimum atomic E-state index is -4.09. The van der Waals surface area contributed by atoms with E-state index in [4.69, 9.17) is 0 Å². The van der Waals surface area contributed by atoms with Crippen molar-refractivity contribution in [1.29, 1.82) is 0 Å². The van der Waals surface area contributed by atoms with Gasteiger partial charge < -0.3 is 10.2 Å². The molecule has 0 spiro atoms. The zero-order valence-electron chi connectivity index (χ0n) is 23.9. The Morgan fingerprint density at radius 3 is 2.08 bits per heavy atom. The monoisotopic (exact) mass is 549 g/mol. The van der Waals surface area contributed by atoms with Crippen molar-refractivity contribution in [3.63, 3.8) is 0 Å². The maximum atomic E-state index is 14.0. The summed E-state index contributed by atoms with van der Waals surface area (Å²) in [5.41, 5.74) is 3.51. The molecule has 1 atom stereocenters. The molecule has 0 aliphatic heterocycles. The van der Waals surface area contributed by atoms with Crippen molar-refractivity contribution in [3.05, 3.63) is 95.1 Å². The summed E-state index contributed by atoms with van der Waals surface area (Å²) in [4.78, 5) is 28.7. The van der Waals surface area contributed by atoms with E-state index in [-0.39, 0.29) is 17.3 Å². The zero-order valence-corrected chi connectivity index (χ0v) is 24.7. The third kappa shape index (κ3) is 7.47. The number of aryl methyl sites for hydroxylation is 2. The number of rotatable bonds is 9. The van der Waals surface area contributed by atoms with Crippen molar-refractivity contribution in [2.75, 3.05) is 10.8 Å². The van der Waals surface area contributed by atoms with Crippen molar-refractivity contribution in [3.8, 4) is 0 Å². The van der Waals surface area contributed by atoms with Crippen LogP contribution in [0.1, 0.15) is 49.9 Å². The fourth-order valence-electron chi connectivity index (χ4n) is 4.19. The Bertz CT molecular complexity index is 1410. The number of benzene rings is 3. The van der Waals surface area contributed by atoms with E-state index in [0.717, 1.165) is 26.6 Å². The molecular formula is C31H39N3O4S. The number of sulfonamides is 1. The van der Waals surface area contributed by atoms with Gasteiger partial charge >= 0.3 is 0 Å². The van der Waals surface area contributed by atoms with Gasteiger partial charge in [-0.1, -0.05) is 60.2 Å². The summed E-state index contributed by atoms with van der Waals surface area (Å²) in [5.74, 6) is -0.792. The zero-order chi connectivity index (χ0) is 29.0. The van der Waals surface area contributed by atoms with E-state index in [0.29, 0.717) is 5.69 Å². The average molecular weight is 550 g/mol. The number of nitrogens with zero attached hydrogens (tertiary/aromatic N) is 2. The predicted molar refractivity (Wildman–Crippen MR) is 156 cm³/mol. The van der Waals surface area contributed by atoms with Gasteiger partial charge in [0.15, 0.2) is 0 Å². The molecular weight excluding hydrogens is 510 g/mol. The summed E-state index contributed by atoms with van der Waals surface area (Å²) in [6, 6.07) is 20.3. The number of carbonyl (C=O) groups is 2. The highest BCUT2D eigenvalue weighted by Gasteiger charge is 2.34. The maximum Gasteiger partial charge on any atom is 0.264 e. The van der Waals surface area contributed by atoms with Crippen molar-refractivity contribution in [2.45, 2.75) is 71.5 Å². The summed E-state index contributed by atoms with van der Waals surface area (Å²) in [6.07, 6.45) is 0. The first-order valence-corrected chi connectivity index (χ1v) is 14.5. The second kappa shape index (κ2) is 12.0. The van der Waals surface area contributed by atoms with Crippen LogP contribution in [0.5, 0.6) is 0 Å². The molecule has 3 aromatic carbocycles. The number of hydrogen-bond acceptors (Lipinski definition) is 4. The summed E-state index contributed by atoms with van der Waals surface area (Å²) in [5, 5.41) is 2.94. The van der Waals surface area contributed by atoms with Crippen molar-refractivity contribution >= 4 is 27.5 Å². The summed E-state index contributed by atoms with van der Waals surface area (Å²) < 4.78 is 29.0. The molecule has 1 N–H and O–H groups in total. The third-order valence-electron chi connectivity index (χ3n) is 6.59. The van der Waals surface area contributed by atoms with Crippen molar-refractivity contribution in [2.24, 2.45) is 0 Å². The second-order valence-corrected chi connectivity index (χ2v) is 12.8. The van der Waals surface area contributed by atoms with Gasteiger partial charge in [-0.05, 0) is 83.4 Å². The first kappa shape index (κ1) is 29.9. The molecule has 39 heavy (non-hydrogen) atoms. The molecule has 2 amide bonds. The van der Waals surface area contributed by atoms with E-state index in [1.165, 1.54) is 17.0 Å². The average Bonchev–Trinajstić information content (AvgIpc) is 2.87. The van der Waals surface area contributed by atoms with Gasteiger partial charge in [0.25, 0.3) is 10.0 Å². The lowest BCUT2D eigenvalue weighted by Crippen LogP contribution is -2.54. The molecule has 0 fully saturated rings. The molecule has 0 bridgehead atoms. The molecule has 0 saturated heterocycles. The Morgan fingerprint density at radius 1 is 0.872 bits per heavy atom. The fourth-order valence-corrected chi connectivity index (χ4v) is 5.68. The van der Waals surface area contributed by atoms with E-state index in [2.05, 4.69) is 5.32 Å². The van der Waals surface area contributed by atoms with Crippen LogP contribution in [-0.2, 0) is 26.2 Å². The van der Waals surface area contributed by atoms with Gasteiger partial charge in [0.2, 0.25) is 11.8 Å². The van der Waals surface area contributed by atoms with Gasteiger partial charge in [-0.15, -0.1) is 0 Å². The van der Waals surface area contributed by atoms with E-state index in [9.17, 15) is 18.0 Å². The lowest BCUT2D eigenvalue weighted by atomic mass is 10.1. The smallest absolute Gasteiger partial charge is 0.264 e. The molecule has 0 saturated carbocycles. The molecule has 8 heteroatoms. The Hall–Kier alpha value is -3.65. The third-order valence-corrected chi connectivity index (χ3v) is 8.37. The van der Waals surface area contributed by atoms with Crippen LogP contribution in [0.25, 0.3) is 0 Å². The molecule has 0 aliphatic rings. The van der Waals surface area contributed by atoms with Gasteiger partial charge in [0.1, 0.15) is 12.6 Å². The molecule has 3 rings (SSSR count). The Balaban J connectivity index is 2.06. The molecule has 0 unspecified atom stereocenters. The SMILES string of the molecule is Cc1ccc(CN(C(=O)CN(c2cccc(C)c2C)S(=O)(=O)c2ccccc2)[C@H](C)C(=O)NC(C)(C)C)cc1. The fraction of sp³-hybridized carbons (Fsp3) is 0.355. The summed E-state index contributed by atoms with van der Waals surface area (Å²) >= 11 is 0. The minimum absolute atomic E-state index is 0.0855. The van der Waals surface area contributed by atoms with Gasteiger partial charge in [0.05, 0.1) is 10.6 Å². The second-order valence-electron chi connectivity index (χ2n) is 11.0. The van der Waals surface area contributed by atoms with Gasteiger partial charge in [0, 0.05) is 12.1 Å². The number of anilines is 1. The van der Waals surface area contributed by atoms with Gasteiger partial charge in [-0.3, -0.25) is 13.9 Å². The Kier molecular flexibility index (Phi) is 9.22. The summed E-state index contributed by atoms with van der Waals surface area (Å²) in [6.45, 7) is 12.7. The maximum absolute atomic E-state index is 14.0.